The van der Waals surface area contributed by atoms with Gasteiger partial charge in [0.1, 0.15) is 4.88 Å². The van der Waals surface area contributed by atoms with Crippen LogP contribution in [0.5, 0.6) is 0 Å². The third kappa shape index (κ3) is 3.66. The number of aliphatic hydroxyl groups excluding tert-OH is 1. The van der Waals surface area contributed by atoms with Crippen molar-refractivity contribution in [3.05, 3.63) is 33.6 Å². The molecule has 2 N–H and O–H groups in total. The van der Waals surface area contributed by atoms with E-state index < -0.39 is 0 Å². The molecule has 0 fully saturated rings. The van der Waals surface area contributed by atoms with E-state index in [0.29, 0.717) is 28.6 Å². The predicted octanol–water partition coefficient (Wildman–Crippen LogP) is 1.10. The lowest BCUT2D eigenvalue weighted by atomic mass is 10.2. The Hall–Kier alpha value is -2.17. The summed E-state index contributed by atoms with van der Waals surface area (Å²) in [5.74, 6) is 6.32. The molecule has 0 aromatic carbocycles. The van der Waals surface area contributed by atoms with Crippen LogP contribution in [-0.2, 0) is 6.54 Å². The van der Waals surface area contributed by atoms with Gasteiger partial charge in [0, 0.05) is 12.0 Å². The summed E-state index contributed by atoms with van der Waals surface area (Å²) in [6.07, 6.45) is 0.387. The monoisotopic (exact) mass is 291 g/mol. The van der Waals surface area contributed by atoms with Crippen molar-refractivity contribution in [2.24, 2.45) is 0 Å². The summed E-state index contributed by atoms with van der Waals surface area (Å²) >= 11 is 1.31. The van der Waals surface area contributed by atoms with E-state index >= 15 is 0 Å². The van der Waals surface area contributed by atoms with Crippen LogP contribution in [0.1, 0.15) is 33.4 Å². The summed E-state index contributed by atoms with van der Waals surface area (Å²) in [5, 5.41) is 16.8. The Morgan fingerprint density at radius 3 is 3.15 bits per heavy atom. The molecule has 6 nitrogen and oxygen atoms in total. The Balaban J connectivity index is 1.99. The van der Waals surface area contributed by atoms with Crippen molar-refractivity contribution in [3.63, 3.8) is 0 Å². The van der Waals surface area contributed by atoms with E-state index in [0.717, 1.165) is 0 Å². The summed E-state index contributed by atoms with van der Waals surface area (Å²) in [4.78, 5) is 16.6. The standard InChI is InChI=1S/C13H13N3O3S/c1-9-15-11(19-16-9)8-14-13(18)12-10(5-7-20-12)4-2-3-6-17/h5,7,17H,3,6,8H2,1H3,(H,14,18). The highest BCUT2D eigenvalue weighted by molar-refractivity contribution is 7.12. The molecular weight excluding hydrogens is 278 g/mol. The largest absolute Gasteiger partial charge is 0.395 e. The van der Waals surface area contributed by atoms with Gasteiger partial charge in [-0.2, -0.15) is 4.98 Å². The van der Waals surface area contributed by atoms with Crippen LogP contribution in [0.25, 0.3) is 0 Å². The summed E-state index contributed by atoms with van der Waals surface area (Å²) < 4.78 is 4.91. The molecule has 104 valence electrons. The Bertz CT molecular complexity index is 651. The van der Waals surface area contributed by atoms with Crippen molar-refractivity contribution >= 4 is 17.2 Å². The van der Waals surface area contributed by atoms with Gasteiger partial charge in [0.05, 0.1) is 13.2 Å². The van der Waals surface area contributed by atoms with Crippen molar-refractivity contribution < 1.29 is 14.4 Å². The molecule has 0 spiro atoms. The quantitative estimate of drug-likeness (QED) is 0.824. The van der Waals surface area contributed by atoms with Gasteiger partial charge in [-0.15, -0.1) is 11.3 Å². The molecule has 1 amide bonds. The van der Waals surface area contributed by atoms with Gasteiger partial charge in [0.25, 0.3) is 5.91 Å². The molecule has 2 heterocycles. The highest BCUT2D eigenvalue weighted by atomic mass is 32.1. The Kier molecular flexibility index (Phi) is 4.87. The maximum Gasteiger partial charge on any atom is 0.263 e. The normalized spacial score (nSPS) is 9.90. The van der Waals surface area contributed by atoms with E-state index in [4.69, 9.17) is 9.63 Å². The maximum absolute atomic E-state index is 12.0. The van der Waals surface area contributed by atoms with Crippen molar-refractivity contribution in [1.82, 2.24) is 15.5 Å². The third-order valence-corrected chi connectivity index (χ3v) is 3.21. The van der Waals surface area contributed by atoms with Crippen LogP contribution in [0.2, 0.25) is 0 Å². The van der Waals surface area contributed by atoms with Gasteiger partial charge in [-0.1, -0.05) is 17.0 Å². The SMILES string of the molecule is Cc1noc(CNC(=O)c2sccc2C#CCCO)n1. The van der Waals surface area contributed by atoms with Crippen LogP contribution < -0.4 is 5.32 Å². The molecule has 2 aromatic rings. The molecule has 2 rings (SSSR count). The van der Waals surface area contributed by atoms with Gasteiger partial charge in [-0.3, -0.25) is 4.79 Å². The number of nitrogens with zero attached hydrogens (tertiary/aromatic N) is 2. The minimum atomic E-state index is -0.232. The van der Waals surface area contributed by atoms with Crippen LogP contribution in [0.15, 0.2) is 16.0 Å². The number of carbonyl (C=O) groups is 1. The number of amides is 1. The summed E-state index contributed by atoms with van der Waals surface area (Å²) in [6, 6.07) is 1.78. The fourth-order valence-electron chi connectivity index (χ4n) is 1.45. The average Bonchev–Trinajstić information content (AvgIpc) is 3.05. The van der Waals surface area contributed by atoms with E-state index in [2.05, 4.69) is 27.3 Å². The van der Waals surface area contributed by atoms with E-state index in [1.54, 1.807) is 18.4 Å². The molecule has 0 aliphatic carbocycles. The molecule has 2 aromatic heterocycles. The van der Waals surface area contributed by atoms with Gasteiger partial charge in [-0.25, -0.2) is 0 Å². The second-order valence-electron chi connectivity index (χ2n) is 3.86. The minimum Gasteiger partial charge on any atom is -0.395 e. The number of nitrogens with one attached hydrogen (secondary N) is 1. The zero-order chi connectivity index (χ0) is 14.4. The second-order valence-corrected chi connectivity index (χ2v) is 4.77. The van der Waals surface area contributed by atoms with E-state index in [-0.39, 0.29) is 19.1 Å². The lowest BCUT2D eigenvalue weighted by Crippen LogP contribution is -2.22. The van der Waals surface area contributed by atoms with Crippen LogP contribution in [0, 0.1) is 18.8 Å². The highest BCUT2D eigenvalue weighted by Gasteiger charge is 2.13. The molecule has 7 heteroatoms. The smallest absolute Gasteiger partial charge is 0.263 e. The van der Waals surface area contributed by atoms with Crippen molar-refractivity contribution in [2.45, 2.75) is 19.9 Å². The van der Waals surface area contributed by atoms with Crippen LogP contribution >= 0.6 is 11.3 Å². The first kappa shape index (κ1) is 14.2. The Labute approximate surface area is 119 Å². The first-order valence-corrected chi connectivity index (χ1v) is 6.83. The predicted molar refractivity (Wildman–Crippen MR) is 73.1 cm³/mol. The summed E-state index contributed by atoms with van der Waals surface area (Å²) in [5.41, 5.74) is 0.655. The lowest BCUT2D eigenvalue weighted by Gasteiger charge is -2.00. The number of hydrogen-bond donors (Lipinski definition) is 2. The number of aromatic nitrogens is 2. The van der Waals surface area contributed by atoms with Crippen LogP contribution in [-0.4, -0.2) is 27.8 Å². The van der Waals surface area contributed by atoms with Gasteiger partial charge >= 0.3 is 0 Å². The number of carbonyl (C=O) groups excluding carboxylic acids is 1. The molecule has 20 heavy (non-hydrogen) atoms. The summed E-state index contributed by atoms with van der Waals surface area (Å²) in [6.45, 7) is 1.90. The lowest BCUT2D eigenvalue weighted by molar-refractivity contribution is 0.0950. The van der Waals surface area contributed by atoms with E-state index in [1.165, 1.54) is 11.3 Å². The first-order chi connectivity index (χ1) is 9.70. The Morgan fingerprint density at radius 2 is 2.45 bits per heavy atom. The number of rotatable bonds is 4. The second kappa shape index (κ2) is 6.84. The number of aliphatic hydroxyl groups is 1. The molecule has 0 radical (unpaired) electrons. The molecule has 0 aliphatic rings. The minimum absolute atomic E-state index is 0.00911. The average molecular weight is 291 g/mol. The van der Waals surface area contributed by atoms with Crippen LogP contribution in [0.3, 0.4) is 0 Å². The van der Waals surface area contributed by atoms with Gasteiger partial charge < -0.3 is 14.9 Å². The van der Waals surface area contributed by atoms with Gasteiger partial charge in [0.15, 0.2) is 5.82 Å². The Morgan fingerprint density at radius 1 is 1.60 bits per heavy atom. The molecule has 0 saturated heterocycles. The van der Waals surface area contributed by atoms with E-state index in [1.807, 2.05) is 0 Å². The number of aryl methyl sites for hydroxylation is 1. The molecule has 0 aliphatic heterocycles. The van der Waals surface area contributed by atoms with E-state index in [9.17, 15) is 4.79 Å². The fraction of sp³-hybridized carbons (Fsp3) is 0.308. The number of thiophene rings is 1. The van der Waals surface area contributed by atoms with Crippen LogP contribution in [0.4, 0.5) is 0 Å². The zero-order valence-corrected chi connectivity index (χ0v) is 11.7. The summed E-state index contributed by atoms with van der Waals surface area (Å²) in [7, 11) is 0. The maximum atomic E-state index is 12.0. The molecule has 0 unspecified atom stereocenters. The van der Waals surface area contributed by atoms with Crippen molar-refractivity contribution in [2.75, 3.05) is 6.61 Å². The molecular formula is C13H13N3O3S. The topological polar surface area (TPSA) is 88.2 Å². The molecule has 0 saturated carbocycles. The molecule has 0 atom stereocenters. The first-order valence-electron chi connectivity index (χ1n) is 5.95. The van der Waals surface area contributed by atoms with Crippen molar-refractivity contribution in [3.8, 4) is 11.8 Å². The zero-order valence-electron chi connectivity index (χ0n) is 10.8. The molecule has 0 bridgehead atoms. The van der Waals surface area contributed by atoms with Crippen molar-refractivity contribution in [1.29, 1.82) is 0 Å². The van der Waals surface area contributed by atoms with Gasteiger partial charge in [0.2, 0.25) is 5.89 Å². The van der Waals surface area contributed by atoms with Gasteiger partial charge in [-0.05, 0) is 18.4 Å². The third-order valence-electron chi connectivity index (χ3n) is 2.30. The number of hydrogen-bond acceptors (Lipinski definition) is 6. The highest BCUT2D eigenvalue weighted by Crippen LogP contribution is 2.15. The fourth-order valence-corrected chi connectivity index (χ4v) is 2.21.